The molecule has 0 saturated carbocycles. The first kappa shape index (κ1) is 22.3. The fourth-order valence-electron chi connectivity index (χ4n) is 3.82. The lowest BCUT2D eigenvalue weighted by Crippen LogP contribution is -2.29. The lowest BCUT2D eigenvalue weighted by molar-refractivity contribution is -0.385. The maximum atomic E-state index is 13.1. The summed E-state index contributed by atoms with van der Waals surface area (Å²) in [6, 6.07) is 15.9. The molecule has 1 saturated heterocycles. The van der Waals surface area contributed by atoms with Crippen molar-refractivity contribution in [1.82, 2.24) is 0 Å². The van der Waals surface area contributed by atoms with Crippen molar-refractivity contribution in [3.05, 3.63) is 115 Å². The van der Waals surface area contributed by atoms with Crippen molar-refractivity contribution in [3.63, 3.8) is 0 Å². The van der Waals surface area contributed by atoms with Gasteiger partial charge in [0.2, 0.25) is 0 Å². The van der Waals surface area contributed by atoms with Crippen LogP contribution in [-0.2, 0) is 9.59 Å². The van der Waals surface area contributed by atoms with Crippen molar-refractivity contribution >= 4 is 34.5 Å². The number of benzene rings is 3. The molecule has 10 nitrogen and oxygen atoms in total. The number of non-ortho nitro benzene ring substituents is 2. The molecule has 34 heavy (non-hydrogen) atoms. The van der Waals surface area contributed by atoms with Gasteiger partial charge in [-0.2, -0.15) is 0 Å². The maximum Gasteiger partial charge on any atom is 0.300 e. The van der Waals surface area contributed by atoms with E-state index in [1.54, 1.807) is 24.3 Å². The van der Waals surface area contributed by atoms with Crippen LogP contribution < -0.4 is 4.90 Å². The number of Topliss-reactive ketones (excluding diaryl/α,β-unsaturated/α-hetero) is 1. The summed E-state index contributed by atoms with van der Waals surface area (Å²) in [4.78, 5) is 48.5. The third-order valence-corrected chi connectivity index (χ3v) is 5.50. The Morgan fingerprint density at radius 3 is 2.09 bits per heavy atom. The Morgan fingerprint density at radius 2 is 1.50 bits per heavy atom. The number of hydrogen-bond acceptors (Lipinski definition) is 7. The Hall–Kier alpha value is -4.86. The summed E-state index contributed by atoms with van der Waals surface area (Å²) < 4.78 is 0. The van der Waals surface area contributed by atoms with Crippen LogP contribution in [0.1, 0.15) is 22.7 Å². The van der Waals surface area contributed by atoms with Gasteiger partial charge in [-0.25, -0.2) is 0 Å². The van der Waals surface area contributed by atoms with E-state index >= 15 is 0 Å². The lowest BCUT2D eigenvalue weighted by Gasteiger charge is -2.25. The predicted molar refractivity (Wildman–Crippen MR) is 122 cm³/mol. The molecule has 0 aromatic heterocycles. The zero-order valence-electron chi connectivity index (χ0n) is 17.7. The van der Waals surface area contributed by atoms with E-state index < -0.39 is 33.3 Å². The average Bonchev–Trinajstić information content (AvgIpc) is 3.09. The number of nitrogens with zero attached hydrogens (tertiary/aromatic N) is 3. The highest BCUT2D eigenvalue weighted by atomic mass is 16.6. The minimum Gasteiger partial charge on any atom is -0.507 e. The number of aliphatic hydroxyl groups is 1. The van der Waals surface area contributed by atoms with Crippen LogP contribution in [0, 0.1) is 27.2 Å². The van der Waals surface area contributed by atoms with Crippen LogP contribution in [0.25, 0.3) is 5.76 Å². The van der Waals surface area contributed by atoms with Crippen LogP contribution in [0.5, 0.6) is 0 Å². The first-order valence-electron chi connectivity index (χ1n) is 10.1. The lowest BCUT2D eigenvalue weighted by atomic mass is 9.94. The molecule has 1 aliphatic heterocycles. The molecule has 0 radical (unpaired) electrons. The first-order chi connectivity index (χ1) is 16.2. The van der Waals surface area contributed by atoms with Gasteiger partial charge in [-0.05, 0) is 36.8 Å². The van der Waals surface area contributed by atoms with Crippen LogP contribution in [0.2, 0.25) is 0 Å². The van der Waals surface area contributed by atoms with E-state index in [-0.39, 0.29) is 28.1 Å². The number of aryl methyl sites for hydroxylation is 1. The number of rotatable bonds is 5. The monoisotopic (exact) mass is 459 g/mol. The van der Waals surface area contributed by atoms with Crippen LogP contribution >= 0.6 is 0 Å². The molecule has 1 amide bonds. The Bertz CT molecular complexity index is 1360. The summed E-state index contributed by atoms with van der Waals surface area (Å²) in [6.07, 6.45) is 0. The quantitative estimate of drug-likeness (QED) is 0.195. The van der Waals surface area contributed by atoms with Gasteiger partial charge >= 0.3 is 0 Å². The van der Waals surface area contributed by atoms with E-state index in [0.29, 0.717) is 5.69 Å². The maximum absolute atomic E-state index is 13.1. The number of carbonyl (C=O) groups excluding carboxylic acids is 2. The van der Waals surface area contributed by atoms with Crippen molar-refractivity contribution in [3.8, 4) is 0 Å². The van der Waals surface area contributed by atoms with E-state index in [2.05, 4.69) is 0 Å². The Morgan fingerprint density at radius 1 is 0.882 bits per heavy atom. The highest BCUT2D eigenvalue weighted by Gasteiger charge is 2.47. The number of hydrogen-bond donors (Lipinski definition) is 1. The van der Waals surface area contributed by atoms with Crippen molar-refractivity contribution in [2.75, 3.05) is 4.90 Å². The third kappa shape index (κ3) is 3.88. The fraction of sp³-hybridized carbons (Fsp3) is 0.0833. The number of nitro groups is 2. The number of nitro benzene ring substituents is 2. The van der Waals surface area contributed by atoms with E-state index in [9.17, 15) is 34.9 Å². The Kier molecular flexibility index (Phi) is 5.64. The van der Waals surface area contributed by atoms with Crippen molar-refractivity contribution < 1.29 is 24.5 Å². The minimum absolute atomic E-state index is 0.0861. The molecule has 3 aromatic carbocycles. The number of carbonyl (C=O) groups is 2. The van der Waals surface area contributed by atoms with Gasteiger partial charge in [0, 0.05) is 35.5 Å². The normalized spacial score (nSPS) is 17.1. The van der Waals surface area contributed by atoms with Gasteiger partial charge in [0.1, 0.15) is 5.76 Å². The SMILES string of the molecule is Cc1ccc(N2C(=O)C(=O)/C(=C(/O)c3ccc([N+](=O)[O-])cc3)[C@@H]2c2cccc([N+](=O)[O-])c2)cc1. The van der Waals surface area contributed by atoms with E-state index in [1.807, 2.05) is 6.92 Å². The van der Waals surface area contributed by atoms with Gasteiger partial charge in [0.05, 0.1) is 21.5 Å². The molecule has 170 valence electrons. The predicted octanol–water partition coefficient (Wildman–Crippen LogP) is 4.44. The highest BCUT2D eigenvalue weighted by Crippen LogP contribution is 2.42. The van der Waals surface area contributed by atoms with Gasteiger partial charge in [0.15, 0.2) is 0 Å². The zero-order valence-corrected chi connectivity index (χ0v) is 17.7. The third-order valence-electron chi connectivity index (χ3n) is 5.50. The molecule has 4 rings (SSSR count). The summed E-state index contributed by atoms with van der Waals surface area (Å²) in [5.41, 5.74) is 0.875. The molecule has 0 spiro atoms. The summed E-state index contributed by atoms with van der Waals surface area (Å²) >= 11 is 0. The van der Waals surface area contributed by atoms with Gasteiger partial charge in [-0.3, -0.25) is 34.7 Å². The molecule has 0 aliphatic carbocycles. The van der Waals surface area contributed by atoms with Crippen LogP contribution in [-0.4, -0.2) is 26.6 Å². The van der Waals surface area contributed by atoms with Gasteiger partial charge in [-0.15, -0.1) is 0 Å². The largest absolute Gasteiger partial charge is 0.507 e. The van der Waals surface area contributed by atoms with Crippen LogP contribution in [0.15, 0.2) is 78.4 Å². The second-order valence-electron chi connectivity index (χ2n) is 7.66. The molecule has 1 fully saturated rings. The standard InChI is InChI=1S/C24H17N3O7/c1-14-5-9-17(10-6-14)25-21(16-3-2-4-19(13-16)27(33)34)20(23(29)24(25)30)22(28)15-7-11-18(12-8-15)26(31)32/h2-13,21,28H,1H3/b22-20+/t21-/m0/s1. The van der Waals surface area contributed by atoms with E-state index in [1.165, 1.54) is 41.3 Å². The molecular formula is C24H17N3O7. The van der Waals surface area contributed by atoms with Gasteiger partial charge < -0.3 is 5.11 Å². The second kappa shape index (κ2) is 8.58. The smallest absolute Gasteiger partial charge is 0.300 e. The molecule has 1 heterocycles. The van der Waals surface area contributed by atoms with E-state index in [4.69, 9.17) is 0 Å². The number of amides is 1. The van der Waals surface area contributed by atoms with E-state index in [0.717, 1.165) is 17.7 Å². The van der Waals surface area contributed by atoms with Crippen LogP contribution in [0.3, 0.4) is 0 Å². The number of ketones is 1. The average molecular weight is 459 g/mol. The molecular weight excluding hydrogens is 442 g/mol. The molecule has 1 N–H and O–H groups in total. The molecule has 1 aliphatic rings. The molecule has 10 heteroatoms. The minimum atomic E-state index is -1.15. The molecule has 0 bridgehead atoms. The first-order valence-corrected chi connectivity index (χ1v) is 10.1. The summed E-state index contributed by atoms with van der Waals surface area (Å²) in [7, 11) is 0. The number of aliphatic hydroxyl groups excluding tert-OH is 1. The Balaban J connectivity index is 1.94. The zero-order chi connectivity index (χ0) is 24.6. The van der Waals surface area contributed by atoms with Crippen LogP contribution in [0.4, 0.5) is 17.1 Å². The van der Waals surface area contributed by atoms with Crippen molar-refractivity contribution in [2.24, 2.45) is 0 Å². The Labute approximate surface area is 192 Å². The highest BCUT2D eigenvalue weighted by molar-refractivity contribution is 6.51. The molecule has 1 atom stereocenters. The topological polar surface area (TPSA) is 144 Å². The van der Waals surface area contributed by atoms with Gasteiger partial charge in [0.25, 0.3) is 23.1 Å². The number of anilines is 1. The summed E-state index contributed by atoms with van der Waals surface area (Å²) in [5, 5.41) is 33.3. The van der Waals surface area contributed by atoms with Gasteiger partial charge in [-0.1, -0.05) is 29.8 Å². The summed E-state index contributed by atoms with van der Waals surface area (Å²) in [6.45, 7) is 1.85. The summed E-state index contributed by atoms with van der Waals surface area (Å²) in [5.74, 6) is -2.43. The molecule has 3 aromatic rings. The second-order valence-corrected chi connectivity index (χ2v) is 7.66. The van der Waals surface area contributed by atoms with Crippen molar-refractivity contribution in [1.29, 1.82) is 0 Å². The molecule has 0 unspecified atom stereocenters. The van der Waals surface area contributed by atoms with Crippen molar-refractivity contribution in [2.45, 2.75) is 13.0 Å². The fourth-order valence-corrected chi connectivity index (χ4v) is 3.82.